The highest BCUT2D eigenvalue weighted by atomic mass is 19.1. The minimum Gasteiger partial charge on any atom is -0.381 e. The summed E-state index contributed by atoms with van der Waals surface area (Å²) in [6.07, 6.45) is 3.21. The second-order valence-corrected chi connectivity index (χ2v) is 8.52. The number of anilines is 1. The van der Waals surface area contributed by atoms with Gasteiger partial charge in [0.05, 0.1) is 24.9 Å². The van der Waals surface area contributed by atoms with Crippen molar-refractivity contribution >= 4 is 5.69 Å². The molecule has 0 spiro atoms. The van der Waals surface area contributed by atoms with Crippen molar-refractivity contribution in [3.63, 3.8) is 0 Å². The Morgan fingerprint density at radius 2 is 2.13 bits per heavy atom. The Bertz CT molecular complexity index is 931. The molecule has 164 valence electrons. The molecule has 1 unspecified atom stereocenters. The van der Waals surface area contributed by atoms with Gasteiger partial charge in [0.25, 0.3) is 0 Å². The van der Waals surface area contributed by atoms with Gasteiger partial charge in [-0.05, 0) is 60.6 Å². The molecule has 2 aromatic carbocycles. The van der Waals surface area contributed by atoms with Crippen LogP contribution in [0.1, 0.15) is 24.0 Å². The maximum atomic E-state index is 14.4. The Kier molecular flexibility index (Phi) is 7.18. The van der Waals surface area contributed by atoms with Crippen LogP contribution in [0.2, 0.25) is 0 Å². The standard InChI is InChI=1S/C25H30FN3O2/c1-29(16-19-3-2-9-30-17-19)25-7-4-18(11-22-15-28-8-10-31-22)12-23(25)20-5-6-21(14-27)24(26)13-20/h4-7,12-13,19,22,28H,2-3,8-11,15-17H2,1H3/t19-,22?/m1/s1. The van der Waals surface area contributed by atoms with Crippen LogP contribution >= 0.6 is 0 Å². The predicted molar refractivity (Wildman–Crippen MR) is 120 cm³/mol. The zero-order valence-electron chi connectivity index (χ0n) is 18.1. The molecule has 4 rings (SSSR count). The van der Waals surface area contributed by atoms with Crippen molar-refractivity contribution in [3.05, 3.63) is 53.3 Å². The first-order chi connectivity index (χ1) is 15.1. The Balaban J connectivity index is 1.64. The number of morpholine rings is 1. The summed E-state index contributed by atoms with van der Waals surface area (Å²) in [5, 5.41) is 12.5. The number of hydrogen-bond donors (Lipinski definition) is 1. The molecule has 2 heterocycles. The molecule has 5 nitrogen and oxygen atoms in total. The Hall–Kier alpha value is -2.46. The number of nitrogens with zero attached hydrogens (tertiary/aromatic N) is 2. The van der Waals surface area contributed by atoms with E-state index in [0.29, 0.717) is 5.92 Å². The molecule has 0 aliphatic carbocycles. The fourth-order valence-corrected chi connectivity index (χ4v) is 4.50. The third-order valence-corrected chi connectivity index (χ3v) is 6.13. The lowest BCUT2D eigenvalue weighted by atomic mass is 9.95. The molecule has 0 amide bonds. The van der Waals surface area contributed by atoms with E-state index in [4.69, 9.17) is 14.7 Å². The van der Waals surface area contributed by atoms with Crippen LogP contribution in [-0.4, -0.2) is 52.6 Å². The summed E-state index contributed by atoms with van der Waals surface area (Å²) in [6, 6.07) is 13.2. The maximum Gasteiger partial charge on any atom is 0.141 e. The summed E-state index contributed by atoms with van der Waals surface area (Å²) in [5.74, 6) is 0.00481. The number of rotatable bonds is 6. The van der Waals surface area contributed by atoms with Gasteiger partial charge >= 0.3 is 0 Å². The molecule has 0 bridgehead atoms. The average molecular weight is 424 g/mol. The molecule has 1 N–H and O–H groups in total. The third kappa shape index (κ3) is 5.43. The number of hydrogen-bond acceptors (Lipinski definition) is 5. The van der Waals surface area contributed by atoms with Crippen LogP contribution < -0.4 is 10.2 Å². The van der Waals surface area contributed by atoms with E-state index in [1.807, 2.05) is 12.1 Å². The lowest BCUT2D eigenvalue weighted by Gasteiger charge is -2.30. The first-order valence-corrected chi connectivity index (χ1v) is 11.1. The van der Waals surface area contributed by atoms with Crippen molar-refractivity contribution in [2.75, 3.05) is 51.4 Å². The van der Waals surface area contributed by atoms with Crippen LogP contribution in [0.25, 0.3) is 11.1 Å². The minimum absolute atomic E-state index is 0.0656. The van der Waals surface area contributed by atoms with Crippen molar-refractivity contribution < 1.29 is 13.9 Å². The zero-order valence-corrected chi connectivity index (χ0v) is 18.1. The normalized spacial score (nSPS) is 21.5. The number of nitriles is 1. The van der Waals surface area contributed by atoms with Crippen LogP contribution in [0.15, 0.2) is 36.4 Å². The first-order valence-electron chi connectivity index (χ1n) is 11.1. The number of nitrogens with one attached hydrogen (secondary N) is 1. The van der Waals surface area contributed by atoms with Gasteiger partial charge < -0.3 is 19.7 Å². The first kappa shape index (κ1) is 21.8. The quantitative estimate of drug-likeness (QED) is 0.767. The van der Waals surface area contributed by atoms with E-state index < -0.39 is 5.82 Å². The van der Waals surface area contributed by atoms with Crippen LogP contribution in [0.3, 0.4) is 0 Å². The average Bonchev–Trinajstić information content (AvgIpc) is 2.80. The fourth-order valence-electron chi connectivity index (χ4n) is 4.50. The molecular weight excluding hydrogens is 393 g/mol. The topological polar surface area (TPSA) is 57.5 Å². The predicted octanol–water partition coefficient (Wildman–Crippen LogP) is 3.76. The van der Waals surface area contributed by atoms with Crippen LogP contribution in [-0.2, 0) is 15.9 Å². The van der Waals surface area contributed by atoms with E-state index in [0.717, 1.165) is 81.1 Å². The van der Waals surface area contributed by atoms with Gasteiger partial charge in [-0.15, -0.1) is 0 Å². The van der Waals surface area contributed by atoms with Gasteiger partial charge in [-0.25, -0.2) is 4.39 Å². The maximum absolute atomic E-state index is 14.4. The van der Waals surface area contributed by atoms with E-state index in [1.54, 1.807) is 6.07 Å². The largest absolute Gasteiger partial charge is 0.381 e. The number of ether oxygens (including phenoxy) is 2. The molecule has 0 radical (unpaired) electrons. The molecule has 2 aliphatic rings. The van der Waals surface area contributed by atoms with Crippen molar-refractivity contribution in [1.29, 1.82) is 5.26 Å². The molecule has 0 saturated carbocycles. The van der Waals surface area contributed by atoms with Gasteiger partial charge in [-0.3, -0.25) is 0 Å². The van der Waals surface area contributed by atoms with Gasteiger partial charge in [0.1, 0.15) is 11.9 Å². The molecule has 2 atom stereocenters. The molecule has 31 heavy (non-hydrogen) atoms. The highest BCUT2D eigenvalue weighted by molar-refractivity contribution is 5.79. The molecule has 6 heteroatoms. The lowest BCUT2D eigenvalue weighted by Crippen LogP contribution is -2.39. The second kappa shape index (κ2) is 10.2. The third-order valence-electron chi connectivity index (χ3n) is 6.13. The summed E-state index contributed by atoms with van der Waals surface area (Å²) in [4.78, 5) is 2.24. The molecule has 2 fully saturated rings. The summed E-state index contributed by atoms with van der Waals surface area (Å²) >= 11 is 0. The van der Waals surface area contributed by atoms with Crippen LogP contribution in [0.5, 0.6) is 0 Å². The van der Waals surface area contributed by atoms with Crippen LogP contribution in [0.4, 0.5) is 10.1 Å². The van der Waals surface area contributed by atoms with Gasteiger partial charge in [-0.2, -0.15) is 5.26 Å². The van der Waals surface area contributed by atoms with Gasteiger partial charge in [0.15, 0.2) is 0 Å². The Labute approximate surface area is 183 Å². The molecule has 2 saturated heterocycles. The molecule has 2 aromatic rings. The van der Waals surface area contributed by atoms with Crippen molar-refractivity contribution in [2.45, 2.75) is 25.4 Å². The Morgan fingerprint density at radius 1 is 1.23 bits per heavy atom. The van der Waals surface area contributed by atoms with E-state index in [2.05, 4.69) is 35.5 Å². The second-order valence-electron chi connectivity index (χ2n) is 8.52. The smallest absolute Gasteiger partial charge is 0.141 e. The molecular formula is C25H30FN3O2. The molecule has 0 aromatic heterocycles. The summed E-state index contributed by atoms with van der Waals surface area (Å²) in [6.45, 7) is 4.98. The van der Waals surface area contributed by atoms with E-state index in [-0.39, 0.29) is 11.7 Å². The van der Waals surface area contributed by atoms with Gasteiger partial charge in [0, 0.05) is 44.5 Å². The summed E-state index contributed by atoms with van der Waals surface area (Å²) in [7, 11) is 2.08. The van der Waals surface area contributed by atoms with Gasteiger partial charge in [-0.1, -0.05) is 12.1 Å². The van der Waals surface area contributed by atoms with Crippen molar-refractivity contribution in [2.24, 2.45) is 5.92 Å². The van der Waals surface area contributed by atoms with E-state index in [1.165, 1.54) is 6.07 Å². The van der Waals surface area contributed by atoms with Crippen LogP contribution in [0, 0.1) is 23.1 Å². The highest BCUT2D eigenvalue weighted by Crippen LogP contribution is 2.34. The molecule has 2 aliphatic heterocycles. The van der Waals surface area contributed by atoms with Crippen molar-refractivity contribution in [3.8, 4) is 17.2 Å². The zero-order chi connectivity index (χ0) is 21.6. The minimum atomic E-state index is -0.487. The summed E-state index contributed by atoms with van der Waals surface area (Å²) < 4.78 is 26.0. The number of benzene rings is 2. The fraction of sp³-hybridized carbons (Fsp3) is 0.480. The van der Waals surface area contributed by atoms with E-state index >= 15 is 0 Å². The SMILES string of the molecule is CN(C[C@H]1CCCOC1)c1ccc(CC2CNCCO2)cc1-c1ccc(C#N)c(F)c1. The highest BCUT2D eigenvalue weighted by Gasteiger charge is 2.20. The monoisotopic (exact) mass is 423 g/mol. The Morgan fingerprint density at radius 3 is 2.84 bits per heavy atom. The van der Waals surface area contributed by atoms with E-state index in [9.17, 15) is 4.39 Å². The van der Waals surface area contributed by atoms with Gasteiger partial charge in [0.2, 0.25) is 0 Å². The summed E-state index contributed by atoms with van der Waals surface area (Å²) in [5.41, 5.74) is 4.04. The number of halogens is 1. The lowest BCUT2D eigenvalue weighted by molar-refractivity contribution is 0.0292. The van der Waals surface area contributed by atoms with Crippen molar-refractivity contribution in [1.82, 2.24) is 5.32 Å².